The summed E-state index contributed by atoms with van der Waals surface area (Å²) >= 11 is 6.25. The van der Waals surface area contributed by atoms with Crippen LogP contribution in [0.25, 0.3) is 21.8 Å². The van der Waals surface area contributed by atoms with Crippen LogP contribution in [0.1, 0.15) is 38.5 Å². The van der Waals surface area contributed by atoms with Gasteiger partial charge in [0.25, 0.3) is 0 Å². The van der Waals surface area contributed by atoms with Gasteiger partial charge in [0.05, 0.1) is 23.8 Å². The molecule has 1 fully saturated rings. The van der Waals surface area contributed by atoms with Crippen LogP contribution in [0.3, 0.4) is 0 Å². The Morgan fingerprint density at radius 1 is 0.791 bits per heavy atom. The van der Waals surface area contributed by atoms with Crippen molar-refractivity contribution >= 4 is 62.6 Å². The van der Waals surface area contributed by atoms with Crippen LogP contribution < -0.4 is 26.0 Å². The zero-order chi connectivity index (χ0) is 29.6. The second-order valence-corrected chi connectivity index (χ2v) is 11.1. The molecule has 2 heterocycles. The molecule has 11 heteroatoms. The fourth-order valence-corrected chi connectivity index (χ4v) is 5.57. The molecule has 5 aromatic rings. The first-order valence-corrected chi connectivity index (χ1v) is 15.1. The number of pyridine rings is 1. The van der Waals surface area contributed by atoms with Crippen molar-refractivity contribution in [3.63, 3.8) is 0 Å². The smallest absolute Gasteiger partial charge is 0.233 e. The van der Waals surface area contributed by atoms with Gasteiger partial charge in [-0.15, -0.1) is 0 Å². The summed E-state index contributed by atoms with van der Waals surface area (Å²) in [4.78, 5) is 18.7. The molecule has 0 aliphatic heterocycles. The Morgan fingerprint density at radius 2 is 1.56 bits per heavy atom. The molecule has 0 bridgehead atoms. The molecule has 6 rings (SSSR count). The van der Waals surface area contributed by atoms with Crippen LogP contribution in [0.15, 0.2) is 60.7 Å². The van der Waals surface area contributed by atoms with E-state index >= 15 is 0 Å². The van der Waals surface area contributed by atoms with Gasteiger partial charge in [0, 0.05) is 40.6 Å². The van der Waals surface area contributed by atoms with Crippen LogP contribution in [-0.4, -0.2) is 51.3 Å². The first-order chi connectivity index (χ1) is 21.0. The normalized spacial score (nSPS) is 13.6. The van der Waals surface area contributed by atoms with E-state index in [-0.39, 0.29) is 5.75 Å². The van der Waals surface area contributed by atoms with Gasteiger partial charge in [-0.05, 0) is 79.9 Å². The average molecular weight is 599 g/mol. The van der Waals surface area contributed by atoms with Crippen molar-refractivity contribution in [1.82, 2.24) is 19.9 Å². The Balaban J connectivity index is 1.15. The van der Waals surface area contributed by atoms with Crippen LogP contribution in [0, 0.1) is 0 Å². The summed E-state index contributed by atoms with van der Waals surface area (Å²) in [5.41, 5.74) is 3.35. The van der Waals surface area contributed by atoms with Crippen molar-refractivity contribution in [3.8, 4) is 11.5 Å². The maximum absolute atomic E-state index is 10.2. The van der Waals surface area contributed by atoms with Crippen molar-refractivity contribution in [3.05, 3.63) is 65.7 Å². The van der Waals surface area contributed by atoms with E-state index in [4.69, 9.17) is 21.3 Å². The van der Waals surface area contributed by atoms with Gasteiger partial charge in [-0.25, -0.2) is 4.98 Å². The number of halogens is 1. The lowest BCUT2D eigenvalue weighted by Gasteiger charge is -2.23. The molecule has 2 aromatic heterocycles. The van der Waals surface area contributed by atoms with Crippen molar-refractivity contribution in [2.75, 3.05) is 41.5 Å². The largest absolute Gasteiger partial charge is 0.508 e. The number of hydrogen-bond donors (Lipinski definition) is 5. The molecule has 1 aliphatic rings. The molecule has 1 aliphatic carbocycles. The number of hydrogen-bond acceptors (Lipinski definition) is 10. The third-order valence-electron chi connectivity index (χ3n) is 7.58. The lowest BCUT2D eigenvalue weighted by molar-refractivity contribution is 0.415. The average Bonchev–Trinajstić information content (AvgIpc) is 3.01. The van der Waals surface area contributed by atoms with Crippen LogP contribution in [0.4, 0.5) is 29.2 Å². The topological polar surface area (TPSA) is 129 Å². The zero-order valence-corrected chi connectivity index (χ0v) is 24.8. The number of nitrogens with zero attached hydrogens (tertiary/aromatic N) is 4. The van der Waals surface area contributed by atoms with Gasteiger partial charge in [0.1, 0.15) is 11.5 Å². The monoisotopic (exact) mass is 598 g/mol. The number of phenols is 1. The standard InChI is InChI=1S/C32H35ClN8O2/c1-43-24-12-9-22(10-13-24)37-32-40-30(39-31(41-32)36-21-6-3-2-4-7-21)35-17-5-16-34-29-25-14-8-20(33)18-28(25)38-27-15-11-23(42)19-26(27)29/h8-15,18-19,21,42H,2-7,16-17H2,1H3,(H,34,38)(H3,35,36,37,39,40,41). The summed E-state index contributed by atoms with van der Waals surface area (Å²) in [6.45, 7) is 1.31. The van der Waals surface area contributed by atoms with Gasteiger partial charge in [-0.2, -0.15) is 15.0 Å². The molecule has 10 nitrogen and oxygen atoms in total. The van der Waals surface area contributed by atoms with Crippen molar-refractivity contribution < 1.29 is 9.84 Å². The number of anilines is 5. The highest BCUT2D eigenvalue weighted by molar-refractivity contribution is 6.31. The highest BCUT2D eigenvalue weighted by atomic mass is 35.5. The van der Waals surface area contributed by atoms with Gasteiger partial charge in [-0.1, -0.05) is 30.9 Å². The minimum atomic E-state index is 0.193. The Hall–Kier alpha value is -4.57. The Labute approximate surface area is 255 Å². The number of ether oxygens (including phenoxy) is 1. The number of fused-ring (bicyclic) bond motifs is 2. The van der Waals surface area contributed by atoms with Gasteiger partial charge >= 0.3 is 0 Å². The summed E-state index contributed by atoms with van der Waals surface area (Å²) in [6.07, 6.45) is 6.73. The molecule has 0 radical (unpaired) electrons. The Bertz CT molecular complexity index is 1710. The van der Waals surface area contributed by atoms with Gasteiger partial charge < -0.3 is 31.1 Å². The van der Waals surface area contributed by atoms with E-state index < -0.39 is 0 Å². The van der Waals surface area contributed by atoms with Crippen molar-refractivity contribution in [2.45, 2.75) is 44.6 Å². The lowest BCUT2D eigenvalue weighted by Crippen LogP contribution is -2.24. The Morgan fingerprint density at radius 3 is 2.37 bits per heavy atom. The van der Waals surface area contributed by atoms with E-state index in [0.717, 1.165) is 58.2 Å². The lowest BCUT2D eigenvalue weighted by atomic mass is 9.96. The number of phenolic OH excluding ortho intramolecular Hbond substituents is 1. The van der Waals surface area contributed by atoms with E-state index in [1.807, 2.05) is 48.5 Å². The molecule has 222 valence electrons. The van der Waals surface area contributed by atoms with Gasteiger partial charge in [-0.3, -0.25) is 0 Å². The van der Waals surface area contributed by atoms with E-state index in [1.54, 1.807) is 19.2 Å². The summed E-state index contributed by atoms with van der Waals surface area (Å²) in [6, 6.07) is 18.9. The fraction of sp³-hybridized carbons (Fsp3) is 0.312. The molecule has 1 saturated carbocycles. The quantitative estimate of drug-likeness (QED) is 0.0777. The second kappa shape index (κ2) is 13.2. The number of rotatable bonds is 11. The number of aromatic hydroxyl groups is 1. The van der Waals surface area contributed by atoms with E-state index in [1.165, 1.54) is 19.3 Å². The maximum atomic E-state index is 10.2. The molecule has 0 saturated heterocycles. The van der Waals surface area contributed by atoms with Crippen LogP contribution >= 0.6 is 11.6 Å². The molecular formula is C32H35ClN8O2. The third-order valence-corrected chi connectivity index (χ3v) is 7.81. The summed E-state index contributed by atoms with van der Waals surface area (Å²) in [7, 11) is 1.65. The second-order valence-electron chi connectivity index (χ2n) is 10.7. The number of nitrogens with one attached hydrogen (secondary N) is 4. The SMILES string of the molecule is COc1ccc(Nc2nc(NCCCNc3c4ccc(Cl)cc4nc4ccc(O)cc34)nc(NC3CCCCC3)n2)cc1. The van der Waals surface area contributed by atoms with E-state index in [0.29, 0.717) is 42.0 Å². The summed E-state index contributed by atoms with van der Waals surface area (Å²) in [5.74, 6) is 2.51. The van der Waals surface area contributed by atoms with Crippen molar-refractivity contribution in [2.24, 2.45) is 0 Å². The summed E-state index contributed by atoms with van der Waals surface area (Å²) in [5, 5.41) is 26.3. The molecule has 0 atom stereocenters. The zero-order valence-electron chi connectivity index (χ0n) is 24.0. The molecule has 0 spiro atoms. The number of methoxy groups -OCH3 is 1. The predicted molar refractivity (Wildman–Crippen MR) is 174 cm³/mol. The van der Waals surface area contributed by atoms with Gasteiger partial charge in [0.15, 0.2) is 0 Å². The highest BCUT2D eigenvalue weighted by Crippen LogP contribution is 2.34. The third kappa shape index (κ3) is 7.09. The van der Waals surface area contributed by atoms with Crippen LogP contribution in [0.5, 0.6) is 11.5 Å². The maximum Gasteiger partial charge on any atom is 0.233 e. The number of aromatic nitrogens is 4. The first-order valence-electron chi connectivity index (χ1n) is 14.7. The molecule has 43 heavy (non-hydrogen) atoms. The first kappa shape index (κ1) is 28.5. The van der Waals surface area contributed by atoms with E-state index in [9.17, 15) is 5.11 Å². The highest BCUT2D eigenvalue weighted by Gasteiger charge is 2.16. The minimum absolute atomic E-state index is 0.193. The van der Waals surface area contributed by atoms with Crippen molar-refractivity contribution in [1.29, 1.82) is 0 Å². The van der Waals surface area contributed by atoms with E-state index in [2.05, 4.69) is 36.2 Å². The minimum Gasteiger partial charge on any atom is -0.508 e. The fourth-order valence-electron chi connectivity index (χ4n) is 5.41. The molecule has 0 unspecified atom stereocenters. The predicted octanol–water partition coefficient (Wildman–Crippen LogP) is 7.34. The van der Waals surface area contributed by atoms with Crippen LogP contribution in [-0.2, 0) is 0 Å². The molecule has 0 amide bonds. The molecule has 3 aromatic carbocycles. The molecule has 5 N–H and O–H groups in total. The van der Waals surface area contributed by atoms with Gasteiger partial charge in [0.2, 0.25) is 17.8 Å². The van der Waals surface area contributed by atoms with Crippen LogP contribution in [0.2, 0.25) is 5.02 Å². The number of benzene rings is 3. The Kier molecular flexibility index (Phi) is 8.74. The summed E-state index contributed by atoms with van der Waals surface area (Å²) < 4.78 is 5.27. The molecular weight excluding hydrogens is 564 g/mol.